The predicted octanol–water partition coefficient (Wildman–Crippen LogP) is 3.51. The smallest absolute Gasteiger partial charge is 0.145 e. The molecule has 1 aromatic heterocycles. The van der Waals surface area contributed by atoms with Crippen molar-refractivity contribution in [3.63, 3.8) is 0 Å². The zero-order chi connectivity index (χ0) is 14.1. The van der Waals surface area contributed by atoms with Crippen LogP contribution in [0.25, 0.3) is 6.08 Å². The first-order chi connectivity index (χ1) is 9.69. The molecule has 100 valence electrons. The molecule has 0 saturated heterocycles. The number of Topliss-reactive ketones (excluding diaryl/α,β-unsaturated/α-hetero) is 1. The summed E-state index contributed by atoms with van der Waals surface area (Å²) in [6, 6.07) is 9.93. The Labute approximate surface area is 117 Å². The van der Waals surface area contributed by atoms with E-state index in [1.54, 1.807) is 18.2 Å². The number of nitrogens with zero attached hydrogens (tertiary/aromatic N) is 1. The summed E-state index contributed by atoms with van der Waals surface area (Å²) in [4.78, 5) is 16.8. The second-order valence-corrected chi connectivity index (χ2v) is 4.93. The average molecular weight is 267 g/mol. The van der Waals surface area contributed by atoms with E-state index in [4.69, 9.17) is 0 Å². The molecule has 1 aliphatic rings. The molecule has 2 aromatic rings. The van der Waals surface area contributed by atoms with E-state index in [-0.39, 0.29) is 17.5 Å². The normalized spacial score (nSPS) is 17.6. The van der Waals surface area contributed by atoms with Crippen LogP contribution in [-0.4, -0.2) is 10.8 Å². The van der Waals surface area contributed by atoms with Crippen molar-refractivity contribution < 1.29 is 9.18 Å². The quantitative estimate of drug-likeness (QED) is 0.833. The highest BCUT2D eigenvalue weighted by atomic mass is 19.1. The van der Waals surface area contributed by atoms with Gasteiger partial charge in [-0.05, 0) is 41.8 Å². The van der Waals surface area contributed by atoms with Crippen LogP contribution in [0.15, 0.2) is 43.0 Å². The third-order valence-corrected chi connectivity index (χ3v) is 3.68. The number of aromatic nitrogens is 1. The summed E-state index contributed by atoms with van der Waals surface area (Å²) >= 11 is 0. The van der Waals surface area contributed by atoms with Crippen molar-refractivity contribution in [2.24, 2.45) is 0 Å². The van der Waals surface area contributed by atoms with Gasteiger partial charge in [0.15, 0.2) is 0 Å². The van der Waals surface area contributed by atoms with Crippen LogP contribution in [0.4, 0.5) is 4.39 Å². The van der Waals surface area contributed by atoms with Gasteiger partial charge in [-0.1, -0.05) is 24.8 Å². The number of rotatable bonds is 2. The number of benzene rings is 1. The molecule has 20 heavy (non-hydrogen) atoms. The molecule has 2 nitrogen and oxygen atoms in total. The van der Waals surface area contributed by atoms with Gasteiger partial charge in [-0.15, -0.1) is 0 Å². The monoisotopic (exact) mass is 267 g/mol. The molecular formula is C17H14FNO. The number of hydrogen-bond donors (Lipinski definition) is 0. The third kappa shape index (κ3) is 2.16. The number of halogens is 1. The lowest BCUT2D eigenvalue weighted by Crippen LogP contribution is -2.22. The first-order valence-corrected chi connectivity index (χ1v) is 6.59. The van der Waals surface area contributed by atoms with Gasteiger partial charge in [-0.25, -0.2) is 4.39 Å². The standard InChI is InChI=1S/C17H14FNO/c1-2-13-7-8-14-15(19-13)9-10-16(20)17(14)11-3-5-12(18)6-4-11/h2-8,17H,1,9-10H2. The van der Waals surface area contributed by atoms with Crippen molar-refractivity contribution in [2.75, 3.05) is 0 Å². The SMILES string of the molecule is C=Cc1ccc2c(n1)CCC(=O)C2c1ccc(F)cc1. The van der Waals surface area contributed by atoms with E-state index in [0.29, 0.717) is 12.8 Å². The van der Waals surface area contributed by atoms with Crippen molar-refractivity contribution in [1.82, 2.24) is 4.98 Å². The van der Waals surface area contributed by atoms with E-state index in [9.17, 15) is 9.18 Å². The molecule has 1 atom stereocenters. The molecule has 0 amide bonds. The van der Waals surface area contributed by atoms with E-state index < -0.39 is 0 Å². The van der Waals surface area contributed by atoms with Gasteiger partial charge >= 0.3 is 0 Å². The number of fused-ring (bicyclic) bond motifs is 1. The summed E-state index contributed by atoms with van der Waals surface area (Å²) < 4.78 is 13.0. The lowest BCUT2D eigenvalue weighted by Gasteiger charge is -2.24. The number of carbonyl (C=O) groups excluding carboxylic acids is 1. The van der Waals surface area contributed by atoms with Crippen LogP contribution in [0, 0.1) is 5.82 Å². The van der Waals surface area contributed by atoms with E-state index in [1.165, 1.54) is 12.1 Å². The molecule has 1 aliphatic carbocycles. The van der Waals surface area contributed by atoms with E-state index in [2.05, 4.69) is 11.6 Å². The highest BCUT2D eigenvalue weighted by molar-refractivity contribution is 5.91. The van der Waals surface area contributed by atoms with Crippen molar-refractivity contribution in [3.05, 3.63) is 71.3 Å². The Balaban J connectivity index is 2.10. The molecule has 3 heteroatoms. The minimum Gasteiger partial charge on any atom is -0.299 e. The summed E-state index contributed by atoms with van der Waals surface area (Å²) in [5.41, 5.74) is 3.51. The zero-order valence-corrected chi connectivity index (χ0v) is 11.0. The average Bonchev–Trinajstić information content (AvgIpc) is 2.48. The molecule has 1 heterocycles. The van der Waals surface area contributed by atoms with Crippen LogP contribution in [0.5, 0.6) is 0 Å². The summed E-state index contributed by atoms with van der Waals surface area (Å²) in [5, 5.41) is 0. The maximum Gasteiger partial charge on any atom is 0.145 e. The predicted molar refractivity (Wildman–Crippen MR) is 75.9 cm³/mol. The Morgan fingerprint density at radius 3 is 2.60 bits per heavy atom. The minimum atomic E-state index is -0.328. The molecule has 0 radical (unpaired) electrons. The van der Waals surface area contributed by atoms with Crippen LogP contribution in [0.1, 0.15) is 34.9 Å². The Bertz CT molecular complexity index is 676. The van der Waals surface area contributed by atoms with E-state index in [1.807, 2.05) is 12.1 Å². The highest BCUT2D eigenvalue weighted by Gasteiger charge is 2.29. The topological polar surface area (TPSA) is 30.0 Å². The Hall–Kier alpha value is -2.29. The fraction of sp³-hybridized carbons (Fsp3) is 0.176. The maximum absolute atomic E-state index is 13.0. The molecule has 0 bridgehead atoms. The van der Waals surface area contributed by atoms with Gasteiger partial charge in [-0.2, -0.15) is 0 Å². The Kier molecular flexibility index (Phi) is 3.18. The van der Waals surface area contributed by atoms with Crippen LogP contribution >= 0.6 is 0 Å². The number of carbonyl (C=O) groups is 1. The fourth-order valence-corrected chi connectivity index (χ4v) is 2.69. The van der Waals surface area contributed by atoms with Crippen molar-refractivity contribution >= 4 is 11.9 Å². The Morgan fingerprint density at radius 1 is 1.15 bits per heavy atom. The number of hydrogen-bond acceptors (Lipinski definition) is 2. The second kappa shape index (κ2) is 5.00. The molecule has 3 rings (SSSR count). The summed E-state index contributed by atoms with van der Waals surface area (Å²) in [6.45, 7) is 3.71. The van der Waals surface area contributed by atoms with Crippen molar-refractivity contribution in [2.45, 2.75) is 18.8 Å². The lowest BCUT2D eigenvalue weighted by molar-refractivity contribution is -0.120. The molecule has 0 N–H and O–H groups in total. The van der Waals surface area contributed by atoms with Gasteiger partial charge in [0, 0.05) is 12.1 Å². The van der Waals surface area contributed by atoms with Gasteiger partial charge < -0.3 is 0 Å². The number of aryl methyl sites for hydroxylation is 1. The fourth-order valence-electron chi connectivity index (χ4n) is 2.69. The maximum atomic E-state index is 13.0. The van der Waals surface area contributed by atoms with Crippen molar-refractivity contribution in [3.8, 4) is 0 Å². The van der Waals surface area contributed by atoms with Crippen molar-refractivity contribution in [1.29, 1.82) is 0 Å². The van der Waals surface area contributed by atoms with Crippen LogP contribution < -0.4 is 0 Å². The van der Waals surface area contributed by atoms with Gasteiger partial charge in [0.05, 0.1) is 11.6 Å². The van der Waals surface area contributed by atoms with Crippen LogP contribution in [0.3, 0.4) is 0 Å². The van der Waals surface area contributed by atoms with Gasteiger partial charge in [0.25, 0.3) is 0 Å². The molecule has 1 aromatic carbocycles. The molecule has 0 spiro atoms. The summed E-state index contributed by atoms with van der Waals surface area (Å²) in [5.74, 6) is -0.458. The minimum absolute atomic E-state index is 0.164. The largest absolute Gasteiger partial charge is 0.299 e. The lowest BCUT2D eigenvalue weighted by atomic mass is 9.80. The summed E-state index contributed by atoms with van der Waals surface area (Å²) in [7, 11) is 0. The summed E-state index contributed by atoms with van der Waals surface area (Å²) in [6.07, 6.45) is 2.83. The van der Waals surface area contributed by atoms with Gasteiger partial charge in [-0.3, -0.25) is 9.78 Å². The molecule has 1 unspecified atom stereocenters. The zero-order valence-electron chi connectivity index (χ0n) is 11.0. The first-order valence-electron chi connectivity index (χ1n) is 6.59. The molecule has 0 fully saturated rings. The van der Waals surface area contributed by atoms with Gasteiger partial charge in [0.1, 0.15) is 11.6 Å². The molecule has 0 aliphatic heterocycles. The Morgan fingerprint density at radius 2 is 1.90 bits per heavy atom. The number of pyridine rings is 1. The number of ketones is 1. The first kappa shape index (κ1) is 12.7. The molecule has 0 saturated carbocycles. The van der Waals surface area contributed by atoms with E-state index in [0.717, 1.165) is 22.5 Å². The highest BCUT2D eigenvalue weighted by Crippen LogP contribution is 2.33. The van der Waals surface area contributed by atoms with Crippen LogP contribution in [-0.2, 0) is 11.2 Å². The van der Waals surface area contributed by atoms with Gasteiger partial charge in [0.2, 0.25) is 0 Å². The third-order valence-electron chi connectivity index (χ3n) is 3.68. The van der Waals surface area contributed by atoms with Crippen LogP contribution in [0.2, 0.25) is 0 Å². The molecular weight excluding hydrogens is 253 g/mol. The van der Waals surface area contributed by atoms with E-state index >= 15 is 0 Å². The second-order valence-electron chi connectivity index (χ2n) is 4.93.